The predicted octanol–water partition coefficient (Wildman–Crippen LogP) is 3.19. The van der Waals surface area contributed by atoms with Gasteiger partial charge >= 0.3 is 6.36 Å². The minimum Gasteiger partial charge on any atom is -0.404 e. The molecule has 0 heterocycles. The molecule has 0 bridgehead atoms. The lowest BCUT2D eigenvalue weighted by molar-refractivity contribution is -0.274. The lowest BCUT2D eigenvalue weighted by Gasteiger charge is -2.11. The molecule has 0 aliphatic heterocycles. The zero-order chi connectivity index (χ0) is 11.6. The second-order valence-corrected chi connectivity index (χ2v) is 2.82. The van der Waals surface area contributed by atoms with Crippen LogP contribution in [-0.4, -0.2) is 12.6 Å². The molecule has 0 N–H and O–H groups in total. The SMILES string of the molecule is O=Cc1c(F)ccc(OC(F)(F)F)c1Cl. The van der Waals surface area contributed by atoms with E-state index in [0.717, 1.165) is 0 Å². The van der Waals surface area contributed by atoms with Crippen molar-refractivity contribution in [3.63, 3.8) is 0 Å². The van der Waals surface area contributed by atoms with Crippen molar-refractivity contribution in [2.75, 3.05) is 0 Å². The summed E-state index contributed by atoms with van der Waals surface area (Å²) in [6.07, 6.45) is -4.93. The number of ether oxygens (including phenoxy) is 1. The number of alkyl halides is 3. The number of hydrogen-bond acceptors (Lipinski definition) is 2. The van der Waals surface area contributed by atoms with Gasteiger partial charge in [-0.15, -0.1) is 13.2 Å². The molecule has 0 saturated heterocycles. The zero-order valence-corrected chi connectivity index (χ0v) is 7.69. The molecule has 7 heteroatoms. The molecular weight excluding hydrogens is 240 g/mol. The molecule has 0 unspecified atom stereocenters. The Hall–Kier alpha value is -1.30. The molecule has 0 atom stereocenters. The maximum Gasteiger partial charge on any atom is 0.573 e. The van der Waals surface area contributed by atoms with Gasteiger partial charge in [-0.05, 0) is 12.1 Å². The molecule has 0 radical (unpaired) electrons. The minimum atomic E-state index is -4.94. The first-order valence-electron chi connectivity index (χ1n) is 3.54. The highest BCUT2D eigenvalue weighted by atomic mass is 35.5. The fourth-order valence-electron chi connectivity index (χ4n) is 0.861. The summed E-state index contributed by atoms with van der Waals surface area (Å²) in [6.45, 7) is 0. The molecule has 0 amide bonds. The number of aldehydes is 1. The second kappa shape index (κ2) is 4.06. The van der Waals surface area contributed by atoms with Crippen LogP contribution in [0.2, 0.25) is 5.02 Å². The normalized spacial score (nSPS) is 11.3. The highest BCUT2D eigenvalue weighted by Gasteiger charge is 2.32. The Balaban J connectivity index is 3.16. The maximum atomic E-state index is 12.8. The number of hydrogen-bond donors (Lipinski definition) is 0. The van der Waals surface area contributed by atoms with Gasteiger partial charge in [-0.25, -0.2) is 4.39 Å². The fraction of sp³-hybridized carbons (Fsp3) is 0.125. The lowest BCUT2D eigenvalue weighted by atomic mass is 10.2. The van der Waals surface area contributed by atoms with Crippen LogP contribution in [0, 0.1) is 5.82 Å². The first kappa shape index (κ1) is 11.8. The molecule has 0 aliphatic carbocycles. The van der Waals surface area contributed by atoms with Crippen LogP contribution in [0.25, 0.3) is 0 Å². The Morgan fingerprint density at radius 3 is 2.40 bits per heavy atom. The smallest absolute Gasteiger partial charge is 0.404 e. The van der Waals surface area contributed by atoms with Gasteiger partial charge in [0, 0.05) is 0 Å². The van der Waals surface area contributed by atoms with Crippen LogP contribution in [0.1, 0.15) is 10.4 Å². The van der Waals surface area contributed by atoms with Crippen LogP contribution in [0.4, 0.5) is 17.6 Å². The summed E-state index contributed by atoms with van der Waals surface area (Å²) in [5.41, 5.74) is -0.668. The van der Waals surface area contributed by atoms with E-state index in [4.69, 9.17) is 11.6 Å². The van der Waals surface area contributed by atoms with Gasteiger partial charge in [-0.1, -0.05) is 11.6 Å². The molecule has 0 aliphatic rings. The maximum absolute atomic E-state index is 12.8. The second-order valence-electron chi connectivity index (χ2n) is 2.44. The minimum absolute atomic E-state index is 0.0148. The van der Waals surface area contributed by atoms with Crippen molar-refractivity contribution in [2.45, 2.75) is 6.36 Å². The van der Waals surface area contributed by atoms with Gasteiger partial charge < -0.3 is 4.74 Å². The van der Waals surface area contributed by atoms with Gasteiger partial charge in [0.05, 0.1) is 10.6 Å². The van der Waals surface area contributed by atoms with Gasteiger partial charge in [0.2, 0.25) is 0 Å². The molecule has 15 heavy (non-hydrogen) atoms. The fourth-order valence-corrected chi connectivity index (χ4v) is 1.10. The predicted molar refractivity (Wildman–Crippen MR) is 43.5 cm³/mol. The molecule has 0 fully saturated rings. The van der Waals surface area contributed by atoms with E-state index in [9.17, 15) is 22.4 Å². The summed E-state index contributed by atoms with van der Waals surface area (Å²) < 4.78 is 51.7. The third-order valence-electron chi connectivity index (χ3n) is 1.43. The van der Waals surface area contributed by atoms with Crippen LogP contribution in [0.15, 0.2) is 12.1 Å². The Morgan fingerprint density at radius 1 is 1.33 bits per heavy atom. The lowest BCUT2D eigenvalue weighted by Crippen LogP contribution is -2.17. The van der Waals surface area contributed by atoms with Gasteiger partial charge in [0.25, 0.3) is 0 Å². The summed E-state index contributed by atoms with van der Waals surface area (Å²) in [5, 5.41) is -0.706. The quantitative estimate of drug-likeness (QED) is 0.588. The van der Waals surface area contributed by atoms with Gasteiger partial charge in [-0.3, -0.25) is 4.79 Å². The number of halogens is 5. The average Bonchev–Trinajstić information content (AvgIpc) is 2.09. The molecule has 0 spiro atoms. The van der Waals surface area contributed by atoms with Crippen molar-refractivity contribution in [3.8, 4) is 5.75 Å². The Labute approximate surface area is 86.4 Å². The Bertz CT molecular complexity index is 389. The summed E-state index contributed by atoms with van der Waals surface area (Å²) in [7, 11) is 0. The van der Waals surface area contributed by atoms with Crippen molar-refractivity contribution in [3.05, 3.63) is 28.5 Å². The third-order valence-corrected chi connectivity index (χ3v) is 1.82. The van der Waals surface area contributed by atoms with E-state index in [-0.39, 0.29) is 6.29 Å². The molecule has 1 rings (SSSR count). The van der Waals surface area contributed by atoms with E-state index in [1.807, 2.05) is 0 Å². The van der Waals surface area contributed by atoms with Crippen molar-refractivity contribution >= 4 is 17.9 Å². The van der Waals surface area contributed by atoms with E-state index in [1.165, 1.54) is 0 Å². The van der Waals surface area contributed by atoms with Crippen molar-refractivity contribution in [1.29, 1.82) is 0 Å². The van der Waals surface area contributed by atoms with Crippen LogP contribution in [0.3, 0.4) is 0 Å². The number of carbonyl (C=O) groups is 1. The molecule has 0 aromatic heterocycles. The topological polar surface area (TPSA) is 26.3 Å². The standard InChI is InChI=1S/C8H3ClF4O2/c9-7-4(3-14)5(10)1-2-6(7)15-8(11,12)13/h1-3H. The van der Waals surface area contributed by atoms with Gasteiger partial charge in [-0.2, -0.15) is 0 Å². The monoisotopic (exact) mass is 242 g/mol. The highest BCUT2D eigenvalue weighted by molar-refractivity contribution is 6.34. The molecule has 82 valence electrons. The van der Waals surface area contributed by atoms with Crippen LogP contribution in [-0.2, 0) is 0 Å². The molecule has 0 saturated carbocycles. The third kappa shape index (κ3) is 2.82. The Morgan fingerprint density at radius 2 is 1.93 bits per heavy atom. The van der Waals surface area contributed by atoms with E-state index in [1.54, 1.807) is 0 Å². The van der Waals surface area contributed by atoms with Crippen molar-refractivity contribution in [2.24, 2.45) is 0 Å². The summed E-state index contributed by atoms with van der Waals surface area (Å²) in [5.74, 6) is -1.82. The van der Waals surface area contributed by atoms with Crippen molar-refractivity contribution in [1.82, 2.24) is 0 Å². The summed E-state index contributed by atoms with van der Waals surface area (Å²) in [6, 6.07) is 1.36. The first-order valence-corrected chi connectivity index (χ1v) is 3.92. The van der Waals surface area contributed by atoms with Gasteiger partial charge in [0.1, 0.15) is 11.6 Å². The summed E-state index contributed by atoms with van der Waals surface area (Å²) in [4.78, 5) is 10.3. The van der Waals surface area contributed by atoms with Crippen LogP contribution >= 0.6 is 11.6 Å². The highest BCUT2D eigenvalue weighted by Crippen LogP contribution is 2.33. The largest absolute Gasteiger partial charge is 0.573 e. The molecule has 2 nitrogen and oxygen atoms in total. The summed E-state index contributed by atoms with van der Waals surface area (Å²) >= 11 is 5.32. The molecular formula is C8H3ClF4O2. The van der Waals surface area contributed by atoms with Crippen LogP contribution < -0.4 is 4.74 Å². The molecule has 1 aromatic carbocycles. The first-order chi connectivity index (χ1) is 6.85. The van der Waals surface area contributed by atoms with E-state index in [0.29, 0.717) is 12.1 Å². The number of rotatable bonds is 2. The van der Waals surface area contributed by atoms with Gasteiger partial charge in [0.15, 0.2) is 6.29 Å². The van der Waals surface area contributed by atoms with E-state index < -0.39 is 28.5 Å². The molecule has 1 aromatic rings. The Kier molecular flexibility index (Phi) is 3.18. The van der Waals surface area contributed by atoms with Crippen LogP contribution in [0.5, 0.6) is 5.75 Å². The number of carbonyl (C=O) groups excluding carboxylic acids is 1. The average molecular weight is 243 g/mol. The number of benzene rings is 1. The van der Waals surface area contributed by atoms with Crippen molar-refractivity contribution < 1.29 is 27.1 Å². The zero-order valence-electron chi connectivity index (χ0n) is 6.94. The van der Waals surface area contributed by atoms with E-state index in [2.05, 4.69) is 4.74 Å². The van der Waals surface area contributed by atoms with E-state index >= 15 is 0 Å².